The minimum absolute atomic E-state index is 0.0155. The van der Waals surface area contributed by atoms with Gasteiger partial charge in [0, 0.05) is 36.1 Å². The lowest BCUT2D eigenvalue weighted by Gasteiger charge is -2.23. The van der Waals surface area contributed by atoms with Crippen molar-refractivity contribution in [3.8, 4) is 11.1 Å². The molecule has 0 spiro atoms. The van der Waals surface area contributed by atoms with Gasteiger partial charge in [0.2, 0.25) is 0 Å². The first-order valence-electron chi connectivity index (χ1n) is 14.3. The van der Waals surface area contributed by atoms with Gasteiger partial charge in [-0.25, -0.2) is 0 Å². The molecule has 222 valence electrons. The fourth-order valence-electron chi connectivity index (χ4n) is 6.26. The highest BCUT2D eigenvalue weighted by Crippen LogP contribution is 2.38. The maximum absolute atomic E-state index is 14.1. The van der Waals surface area contributed by atoms with Crippen molar-refractivity contribution in [1.82, 2.24) is 14.4 Å². The molecule has 6 nitrogen and oxygen atoms in total. The minimum atomic E-state index is -4.49. The van der Waals surface area contributed by atoms with Gasteiger partial charge in [-0.2, -0.15) is 13.2 Å². The molecule has 9 heteroatoms. The molecule has 0 saturated carbocycles. The molecule has 1 saturated heterocycles. The summed E-state index contributed by atoms with van der Waals surface area (Å²) in [6.07, 6.45) is -3.57. The first kappa shape index (κ1) is 28.7. The SMILES string of the molecule is Cc1cc(C(=O)N2Cc3ccc(C(=O)N4CC[C@@H](N(C)C)C4)n3Cc3ccccc32)ccc1-c1ccccc1C(F)(F)F. The lowest BCUT2D eigenvalue weighted by atomic mass is 9.94. The molecule has 3 aromatic carbocycles. The van der Waals surface area contributed by atoms with Crippen LogP contribution in [0.5, 0.6) is 0 Å². The molecular weight excluding hydrogens is 553 g/mol. The number of amides is 2. The highest BCUT2D eigenvalue weighted by Gasteiger charge is 2.34. The summed E-state index contributed by atoms with van der Waals surface area (Å²) in [5.41, 5.74) is 3.83. The van der Waals surface area contributed by atoms with E-state index in [4.69, 9.17) is 0 Å². The summed E-state index contributed by atoms with van der Waals surface area (Å²) in [6, 6.07) is 22.0. The summed E-state index contributed by atoms with van der Waals surface area (Å²) >= 11 is 0. The Kier molecular flexibility index (Phi) is 7.38. The van der Waals surface area contributed by atoms with Crippen molar-refractivity contribution in [2.45, 2.75) is 38.7 Å². The molecule has 4 aromatic rings. The zero-order valence-electron chi connectivity index (χ0n) is 24.4. The van der Waals surface area contributed by atoms with Crippen LogP contribution in [0.2, 0.25) is 0 Å². The number of anilines is 1. The maximum atomic E-state index is 14.1. The lowest BCUT2D eigenvalue weighted by molar-refractivity contribution is -0.137. The van der Waals surface area contributed by atoms with Gasteiger partial charge in [0.1, 0.15) is 5.69 Å². The van der Waals surface area contributed by atoms with Crippen LogP contribution in [-0.4, -0.2) is 59.4 Å². The van der Waals surface area contributed by atoms with E-state index >= 15 is 0 Å². The Morgan fingerprint density at radius 3 is 2.33 bits per heavy atom. The van der Waals surface area contributed by atoms with Gasteiger partial charge in [-0.05, 0) is 86.1 Å². The number of fused-ring (bicyclic) bond motifs is 2. The molecular formula is C34H33F3N4O2. The van der Waals surface area contributed by atoms with E-state index in [9.17, 15) is 22.8 Å². The van der Waals surface area contributed by atoms with Crippen molar-refractivity contribution in [1.29, 1.82) is 0 Å². The van der Waals surface area contributed by atoms with Crippen LogP contribution >= 0.6 is 0 Å². The molecule has 1 fully saturated rings. The molecule has 2 aliphatic heterocycles. The van der Waals surface area contributed by atoms with E-state index in [0.717, 1.165) is 29.4 Å². The third-order valence-electron chi connectivity index (χ3n) is 8.64. The summed E-state index contributed by atoms with van der Waals surface area (Å²) in [6.45, 7) is 3.79. The number of aromatic nitrogens is 1. The number of halogens is 3. The second kappa shape index (κ2) is 11.0. The molecule has 1 atom stereocenters. The van der Waals surface area contributed by atoms with Crippen molar-refractivity contribution in [2.24, 2.45) is 0 Å². The van der Waals surface area contributed by atoms with Crippen LogP contribution < -0.4 is 4.90 Å². The molecule has 0 N–H and O–H groups in total. The third-order valence-corrected chi connectivity index (χ3v) is 8.64. The fraction of sp³-hybridized carbons (Fsp3) is 0.294. The van der Waals surface area contributed by atoms with Crippen LogP contribution in [0.1, 0.15) is 49.7 Å². The molecule has 2 aliphatic rings. The van der Waals surface area contributed by atoms with E-state index in [1.54, 1.807) is 36.1 Å². The fourth-order valence-corrected chi connectivity index (χ4v) is 6.26. The van der Waals surface area contributed by atoms with Gasteiger partial charge in [-0.15, -0.1) is 0 Å². The van der Waals surface area contributed by atoms with E-state index in [-0.39, 0.29) is 23.9 Å². The van der Waals surface area contributed by atoms with E-state index in [2.05, 4.69) is 4.90 Å². The number of alkyl halides is 3. The highest BCUT2D eigenvalue weighted by atomic mass is 19.4. The van der Waals surface area contributed by atoms with Crippen molar-refractivity contribution < 1.29 is 22.8 Å². The summed E-state index contributed by atoms with van der Waals surface area (Å²) in [4.78, 5) is 33.4. The number of likely N-dealkylation sites (N-methyl/N-ethyl adjacent to an activating group) is 1. The van der Waals surface area contributed by atoms with E-state index in [0.29, 0.717) is 48.1 Å². The van der Waals surface area contributed by atoms with Gasteiger partial charge in [0.25, 0.3) is 11.8 Å². The van der Waals surface area contributed by atoms with Crippen LogP contribution in [0, 0.1) is 6.92 Å². The highest BCUT2D eigenvalue weighted by molar-refractivity contribution is 6.07. The normalized spacial score (nSPS) is 16.7. The molecule has 0 unspecified atom stereocenters. The molecule has 43 heavy (non-hydrogen) atoms. The Morgan fingerprint density at radius 1 is 0.860 bits per heavy atom. The number of aryl methyl sites for hydroxylation is 1. The van der Waals surface area contributed by atoms with Crippen LogP contribution in [0.25, 0.3) is 11.1 Å². The topological polar surface area (TPSA) is 48.8 Å². The molecule has 1 aromatic heterocycles. The summed E-state index contributed by atoms with van der Waals surface area (Å²) in [5.74, 6) is -0.277. The third kappa shape index (κ3) is 5.33. The molecule has 2 amide bonds. The number of likely N-dealkylation sites (tertiary alicyclic amines) is 1. The summed E-state index contributed by atoms with van der Waals surface area (Å²) < 4.78 is 43.1. The average Bonchev–Trinajstić information content (AvgIpc) is 3.60. The Morgan fingerprint density at radius 2 is 1.60 bits per heavy atom. The summed E-state index contributed by atoms with van der Waals surface area (Å²) in [5, 5.41) is 0. The Labute approximate surface area is 248 Å². The van der Waals surface area contributed by atoms with Gasteiger partial charge in [0.05, 0.1) is 18.7 Å². The molecule has 0 aliphatic carbocycles. The Hall–Kier alpha value is -4.37. The first-order chi connectivity index (χ1) is 20.5. The van der Waals surface area contributed by atoms with Crippen LogP contribution in [0.15, 0.2) is 78.9 Å². The molecule has 6 rings (SSSR count). The van der Waals surface area contributed by atoms with Gasteiger partial charge >= 0.3 is 6.18 Å². The number of hydrogen-bond donors (Lipinski definition) is 0. The standard InChI is InChI=1S/C34H33F3N4O2/c1-22-18-23(12-14-27(22)28-9-5-6-10-29(28)34(35,36)37)32(42)41-21-26-13-15-31(33(43)39-17-16-25(20-39)38(2)3)40(26)19-24-8-4-7-11-30(24)41/h4-15,18,25H,16-17,19-21H2,1-3H3/t25-/m1/s1. The Balaban J connectivity index is 1.33. The second-order valence-corrected chi connectivity index (χ2v) is 11.5. The largest absolute Gasteiger partial charge is 0.417 e. The predicted octanol–water partition coefficient (Wildman–Crippen LogP) is 6.47. The zero-order chi connectivity index (χ0) is 30.5. The van der Waals surface area contributed by atoms with Gasteiger partial charge in [0.15, 0.2) is 0 Å². The smallest absolute Gasteiger partial charge is 0.336 e. The second-order valence-electron chi connectivity index (χ2n) is 11.5. The van der Waals surface area contributed by atoms with Crippen molar-refractivity contribution in [3.05, 3.63) is 113 Å². The van der Waals surface area contributed by atoms with Crippen LogP contribution in [0.3, 0.4) is 0 Å². The van der Waals surface area contributed by atoms with Crippen molar-refractivity contribution in [3.63, 3.8) is 0 Å². The molecule has 0 radical (unpaired) electrons. The zero-order valence-corrected chi connectivity index (χ0v) is 24.4. The van der Waals surface area contributed by atoms with Crippen LogP contribution in [-0.2, 0) is 19.3 Å². The summed E-state index contributed by atoms with van der Waals surface area (Å²) in [7, 11) is 4.06. The van der Waals surface area contributed by atoms with Gasteiger partial charge < -0.3 is 19.3 Å². The lowest BCUT2D eigenvalue weighted by Crippen LogP contribution is -2.35. The van der Waals surface area contributed by atoms with Crippen LogP contribution in [0.4, 0.5) is 18.9 Å². The maximum Gasteiger partial charge on any atom is 0.417 e. The number of nitrogens with zero attached hydrogens (tertiary/aromatic N) is 4. The number of rotatable bonds is 4. The predicted molar refractivity (Wildman–Crippen MR) is 160 cm³/mol. The van der Waals surface area contributed by atoms with Crippen molar-refractivity contribution in [2.75, 3.05) is 32.1 Å². The molecule has 3 heterocycles. The number of carbonyl (C=O) groups excluding carboxylic acids is 2. The number of carbonyl (C=O) groups is 2. The van der Waals surface area contributed by atoms with E-state index in [1.807, 2.05) is 60.0 Å². The number of benzene rings is 3. The monoisotopic (exact) mass is 586 g/mol. The number of para-hydroxylation sites is 1. The number of hydrogen-bond acceptors (Lipinski definition) is 3. The minimum Gasteiger partial charge on any atom is -0.336 e. The van der Waals surface area contributed by atoms with E-state index in [1.165, 1.54) is 12.1 Å². The average molecular weight is 587 g/mol. The van der Waals surface area contributed by atoms with E-state index < -0.39 is 11.7 Å². The van der Waals surface area contributed by atoms with Crippen molar-refractivity contribution >= 4 is 17.5 Å². The molecule has 0 bridgehead atoms. The van der Waals surface area contributed by atoms with Gasteiger partial charge in [-0.3, -0.25) is 9.59 Å². The first-order valence-corrected chi connectivity index (χ1v) is 14.3. The quantitative estimate of drug-likeness (QED) is 0.276. The Bertz CT molecular complexity index is 1710. The van der Waals surface area contributed by atoms with Gasteiger partial charge in [-0.1, -0.05) is 42.5 Å².